The van der Waals surface area contributed by atoms with Gasteiger partial charge in [0.1, 0.15) is 23.9 Å². The van der Waals surface area contributed by atoms with Crippen LogP contribution in [-0.2, 0) is 60.2 Å². The van der Waals surface area contributed by atoms with Crippen molar-refractivity contribution in [3.63, 3.8) is 0 Å². The summed E-state index contributed by atoms with van der Waals surface area (Å²) in [5.41, 5.74) is 3.71. The molecule has 2 aromatic heterocycles. The molecule has 2 aromatic carbocycles. The number of hydrogen-bond acceptors (Lipinski definition) is 12. The maximum Gasteiger partial charge on any atom is 0.350 e. The summed E-state index contributed by atoms with van der Waals surface area (Å²) in [4.78, 5) is 70.9. The molecule has 0 saturated heterocycles. The van der Waals surface area contributed by atoms with Crippen LogP contribution in [-0.4, -0.2) is 50.7 Å². The lowest BCUT2D eigenvalue weighted by atomic mass is 9.86. The molecule has 0 spiro atoms. The van der Waals surface area contributed by atoms with Crippen LogP contribution in [0.3, 0.4) is 0 Å². The Morgan fingerprint density at radius 3 is 2.18 bits per heavy atom. The molecule has 0 unspecified atom stereocenters. The highest BCUT2D eigenvalue weighted by Crippen LogP contribution is 2.45. The van der Waals surface area contributed by atoms with Gasteiger partial charge in [0.2, 0.25) is 5.60 Å². The van der Waals surface area contributed by atoms with Gasteiger partial charge < -0.3 is 33.4 Å². The van der Waals surface area contributed by atoms with Crippen molar-refractivity contribution in [2.45, 2.75) is 176 Å². The minimum atomic E-state index is -1.92. The van der Waals surface area contributed by atoms with Crippen molar-refractivity contribution in [1.82, 2.24) is 9.55 Å². The minimum Gasteiger partial charge on any atom is -0.475 e. The molecule has 5 heterocycles. The third-order valence-electron chi connectivity index (χ3n) is 13.8. The monoisotopic (exact) mass is 892 g/mol. The first-order valence-corrected chi connectivity index (χ1v) is 23.7. The molecule has 0 radical (unpaired) electrons. The molecule has 0 aliphatic carbocycles. The Morgan fingerprint density at radius 1 is 0.831 bits per heavy atom. The molecule has 2 atom stereocenters. The second-order valence-electron chi connectivity index (χ2n) is 18.2. The van der Waals surface area contributed by atoms with Crippen molar-refractivity contribution >= 4 is 34.8 Å². The Balaban J connectivity index is 0.946. The zero-order valence-corrected chi connectivity index (χ0v) is 39.2. The van der Waals surface area contributed by atoms with Gasteiger partial charge in [-0.15, -0.1) is 0 Å². The number of fused-ring (bicyclic) bond motifs is 6. The number of ether oxygens (including phenoxy) is 5. The number of carbonyl (C=O) groups excluding carboxylic acids is 4. The summed E-state index contributed by atoms with van der Waals surface area (Å²) in [5.74, 6) is -1.02. The van der Waals surface area contributed by atoms with Crippen LogP contribution in [0.1, 0.15) is 162 Å². The number of nitrogens with zero attached hydrogens (tertiary/aromatic N) is 2. The van der Waals surface area contributed by atoms with E-state index in [0.29, 0.717) is 59.8 Å². The summed E-state index contributed by atoms with van der Waals surface area (Å²) in [6.45, 7) is 13.7. The lowest BCUT2D eigenvalue weighted by Gasteiger charge is -2.36. The fourth-order valence-electron chi connectivity index (χ4n) is 9.60. The van der Waals surface area contributed by atoms with E-state index in [1.54, 1.807) is 42.7 Å². The van der Waals surface area contributed by atoms with Crippen LogP contribution in [0.4, 0.5) is 0 Å². The van der Waals surface area contributed by atoms with Gasteiger partial charge in [-0.3, -0.25) is 14.4 Å². The predicted octanol–water partition coefficient (Wildman–Crippen LogP) is 9.41. The van der Waals surface area contributed by atoms with E-state index in [-0.39, 0.29) is 60.8 Å². The largest absolute Gasteiger partial charge is 0.475 e. The van der Waals surface area contributed by atoms with Crippen LogP contribution in [0.25, 0.3) is 22.3 Å². The summed E-state index contributed by atoms with van der Waals surface area (Å²) in [6, 6.07) is 6.80. The van der Waals surface area contributed by atoms with Crippen molar-refractivity contribution < 1.29 is 48.0 Å². The van der Waals surface area contributed by atoms with Gasteiger partial charge in [-0.1, -0.05) is 78.6 Å². The van der Waals surface area contributed by atoms with E-state index in [9.17, 15) is 29.1 Å². The molecule has 0 amide bonds. The molecule has 348 valence electrons. The Bertz CT molecular complexity index is 2580. The summed E-state index contributed by atoms with van der Waals surface area (Å²) < 4.78 is 30.6. The molecule has 0 saturated carbocycles. The number of benzene rings is 2. The lowest BCUT2D eigenvalue weighted by molar-refractivity contribution is -0.172. The first-order chi connectivity index (χ1) is 31.1. The van der Waals surface area contributed by atoms with Gasteiger partial charge in [0, 0.05) is 28.5 Å². The standard InChI is InChI=1S/C52H64N2O11/c1-8-11-12-13-14-15-16-17-18-19-26-61-49(58)51(7)25-24-36-33(6)46(31(4)32(5)47(36)65-51)64-44(56)23-22-43(55)63-34-20-21-41-37(27-34)35(9-2)38-29-54-42(45(38)53-41)28-40-39(48(54)57)30-62-50(59)52(40,60)10-3/h20-21,27-28,60H,8-19,22-26,29-30H2,1-7H3/t51-,52+/m1/s1. The number of carbonyl (C=O) groups is 4. The third-order valence-corrected chi connectivity index (χ3v) is 13.8. The minimum absolute atomic E-state index is 0.0486. The maximum absolute atomic E-state index is 13.7. The fourth-order valence-corrected chi connectivity index (χ4v) is 9.60. The summed E-state index contributed by atoms with van der Waals surface area (Å²) in [7, 11) is 0. The molecule has 13 nitrogen and oxygen atoms in total. The lowest BCUT2D eigenvalue weighted by Crippen LogP contribution is -2.46. The number of aryl methyl sites for hydroxylation is 1. The molecule has 4 aromatic rings. The smallest absolute Gasteiger partial charge is 0.350 e. The van der Waals surface area contributed by atoms with E-state index >= 15 is 0 Å². The Morgan fingerprint density at radius 2 is 1.51 bits per heavy atom. The summed E-state index contributed by atoms with van der Waals surface area (Å²) in [6.07, 6.45) is 13.2. The van der Waals surface area contributed by atoms with Crippen molar-refractivity contribution in [1.29, 1.82) is 0 Å². The number of rotatable bonds is 19. The maximum atomic E-state index is 13.7. The Hall–Kier alpha value is -5.56. The number of pyridine rings is 2. The van der Waals surface area contributed by atoms with Crippen LogP contribution in [0.15, 0.2) is 29.1 Å². The Kier molecular flexibility index (Phi) is 14.5. The quantitative estimate of drug-likeness (QED) is 0.0474. The average Bonchev–Trinajstić information content (AvgIpc) is 3.67. The third kappa shape index (κ3) is 9.44. The topological polar surface area (TPSA) is 170 Å². The van der Waals surface area contributed by atoms with Crippen molar-refractivity contribution in [2.24, 2.45) is 0 Å². The van der Waals surface area contributed by atoms with Gasteiger partial charge in [0.25, 0.3) is 5.56 Å². The molecule has 3 aliphatic rings. The number of cyclic esters (lactones) is 1. The zero-order valence-electron chi connectivity index (χ0n) is 39.2. The molecular weight excluding hydrogens is 829 g/mol. The molecule has 3 aliphatic heterocycles. The van der Waals surface area contributed by atoms with E-state index in [2.05, 4.69) is 6.92 Å². The molecular formula is C52H64N2O11. The number of unbranched alkanes of at least 4 members (excludes halogenated alkanes) is 9. The van der Waals surface area contributed by atoms with E-state index in [0.717, 1.165) is 52.5 Å². The van der Waals surface area contributed by atoms with Crippen LogP contribution in [0.5, 0.6) is 17.2 Å². The molecule has 1 N–H and O–H groups in total. The zero-order chi connectivity index (χ0) is 46.6. The van der Waals surface area contributed by atoms with Crippen molar-refractivity contribution in [2.75, 3.05) is 6.61 Å². The highest BCUT2D eigenvalue weighted by Gasteiger charge is 2.46. The molecule has 65 heavy (non-hydrogen) atoms. The number of aliphatic hydroxyl groups is 1. The van der Waals surface area contributed by atoms with E-state index in [1.165, 1.54) is 44.9 Å². The first-order valence-electron chi connectivity index (χ1n) is 23.7. The van der Waals surface area contributed by atoms with Crippen molar-refractivity contribution in [3.05, 3.63) is 79.1 Å². The second kappa shape index (κ2) is 19.9. The van der Waals surface area contributed by atoms with Crippen LogP contribution >= 0.6 is 0 Å². The number of hydrogen-bond donors (Lipinski definition) is 1. The van der Waals surface area contributed by atoms with Gasteiger partial charge in [-0.25, -0.2) is 14.6 Å². The van der Waals surface area contributed by atoms with E-state index in [1.807, 2.05) is 27.7 Å². The van der Waals surface area contributed by atoms with Crippen LogP contribution in [0, 0.1) is 20.8 Å². The van der Waals surface area contributed by atoms with Gasteiger partial charge in [0.05, 0.1) is 48.5 Å². The highest BCUT2D eigenvalue weighted by molar-refractivity contribution is 5.91. The number of aromatic nitrogens is 2. The second-order valence-corrected chi connectivity index (χ2v) is 18.2. The van der Waals surface area contributed by atoms with Crippen LogP contribution < -0.4 is 19.8 Å². The van der Waals surface area contributed by atoms with Crippen molar-refractivity contribution in [3.8, 4) is 28.6 Å². The SMILES string of the molecule is CCCCCCCCCCCCOC(=O)[C@@]1(C)CCc2c(C)c(OC(=O)CCC(=O)Oc3ccc4nc5c(c(CC)c4c3)Cn3c-5cc4c(c3=O)COC(=O)[C@]4(O)CC)c(C)c(C)c2O1. The summed E-state index contributed by atoms with van der Waals surface area (Å²) in [5, 5.41) is 12.0. The van der Waals surface area contributed by atoms with Crippen LogP contribution in [0.2, 0.25) is 0 Å². The molecule has 13 heteroatoms. The average molecular weight is 893 g/mol. The molecule has 0 fully saturated rings. The summed E-state index contributed by atoms with van der Waals surface area (Å²) >= 11 is 0. The molecule has 7 rings (SSSR count). The highest BCUT2D eigenvalue weighted by atomic mass is 16.6. The Labute approximate surface area is 381 Å². The first kappa shape index (κ1) is 47.4. The van der Waals surface area contributed by atoms with Gasteiger partial charge in [0.15, 0.2) is 5.60 Å². The van der Waals surface area contributed by atoms with Gasteiger partial charge in [-0.05, 0) is 99.9 Å². The normalized spacial score (nSPS) is 18.2. The fraction of sp³-hybridized carbons (Fsp3) is 0.538. The van der Waals surface area contributed by atoms with E-state index in [4.69, 9.17) is 28.7 Å². The molecule has 0 bridgehead atoms. The van der Waals surface area contributed by atoms with Gasteiger partial charge >= 0.3 is 23.9 Å². The van der Waals surface area contributed by atoms with Gasteiger partial charge in [-0.2, -0.15) is 0 Å². The van der Waals surface area contributed by atoms with E-state index < -0.39 is 29.1 Å². The number of esters is 4. The predicted molar refractivity (Wildman–Crippen MR) is 245 cm³/mol.